The minimum Gasteiger partial charge on any atom is -0.489 e. The van der Waals surface area contributed by atoms with Crippen LogP contribution in [0, 0.1) is 4.77 Å². The number of ether oxygens (including phenoxy) is 1. The highest BCUT2D eigenvalue weighted by atomic mass is 32.2. The third-order valence-electron chi connectivity index (χ3n) is 3.30. The number of H-pyrrole nitrogens is 1. The van der Waals surface area contributed by atoms with Crippen LogP contribution in [0.3, 0.4) is 0 Å². The van der Waals surface area contributed by atoms with E-state index in [4.69, 9.17) is 17.0 Å². The summed E-state index contributed by atoms with van der Waals surface area (Å²) in [4.78, 5) is 3.29. The summed E-state index contributed by atoms with van der Waals surface area (Å²) in [6.45, 7) is 7.25. The maximum Gasteiger partial charge on any atom is 0.178 e. The molecule has 0 aliphatic carbocycles. The highest BCUT2D eigenvalue weighted by molar-refractivity contribution is 7.99. The number of nitrogens with zero attached hydrogens (tertiary/aromatic N) is 1. The Bertz CT molecular complexity index is 630. The molecule has 0 radical (unpaired) electrons. The first-order chi connectivity index (χ1) is 9.52. The molecule has 0 fully saturated rings. The van der Waals surface area contributed by atoms with E-state index in [2.05, 4.69) is 28.8 Å². The van der Waals surface area contributed by atoms with Crippen LogP contribution in [0.1, 0.15) is 27.2 Å². The number of aromatic nitrogens is 2. The minimum atomic E-state index is 0.155. The zero-order valence-corrected chi connectivity index (χ0v) is 14.1. The van der Waals surface area contributed by atoms with Crippen LogP contribution in [0.4, 0.5) is 0 Å². The largest absolute Gasteiger partial charge is 0.489 e. The topological polar surface area (TPSA) is 29.9 Å². The van der Waals surface area contributed by atoms with Crippen molar-refractivity contribution in [3.05, 3.63) is 23.0 Å². The summed E-state index contributed by atoms with van der Waals surface area (Å²) in [6, 6.07) is 6.11. The average Bonchev–Trinajstić information content (AvgIpc) is 2.72. The molecule has 0 saturated heterocycles. The zero-order valence-electron chi connectivity index (χ0n) is 12.5. The second-order valence-electron chi connectivity index (χ2n) is 5.23. The van der Waals surface area contributed by atoms with Crippen LogP contribution in [0.15, 0.2) is 18.2 Å². The Kier molecular flexibility index (Phi) is 5.16. The third kappa shape index (κ3) is 3.38. The van der Waals surface area contributed by atoms with Gasteiger partial charge in [-0.2, -0.15) is 11.8 Å². The number of thioether (sulfide) groups is 1. The van der Waals surface area contributed by atoms with Gasteiger partial charge in [0.2, 0.25) is 0 Å². The van der Waals surface area contributed by atoms with Crippen LogP contribution in [-0.2, 0) is 6.54 Å². The molecule has 3 nitrogen and oxygen atoms in total. The maximum atomic E-state index is 5.85. The van der Waals surface area contributed by atoms with E-state index in [0.717, 1.165) is 34.5 Å². The van der Waals surface area contributed by atoms with Crippen LogP contribution >= 0.6 is 24.0 Å². The predicted octanol–water partition coefficient (Wildman–Crippen LogP) is 4.63. The van der Waals surface area contributed by atoms with Gasteiger partial charge in [0.15, 0.2) is 4.77 Å². The van der Waals surface area contributed by atoms with Crippen molar-refractivity contribution >= 4 is 35.0 Å². The van der Waals surface area contributed by atoms with Crippen molar-refractivity contribution < 1.29 is 4.74 Å². The van der Waals surface area contributed by atoms with Crippen molar-refractivity contribution in [2.75, 3.05) is 6.26 Å². The van der Waals surface area contributed by atoms with E-state index in [0.29, 0.717) is 5.25 Å². The van der Waals surface area contributed by atoms with Gasteiger partial charge in [0, 0.05) is 11.8 Å². The van der Waals surface area contributed by atoms with E-state index in [-0.39, 0.29) is 6.10 Å². The summed E-state index contributed by atoms with van der Waals surface area (Å²) in [7, 11) is 0. The highest BCUT2D eigenvalue weighted by Crippen LogP contribution is 2.26. The molecule has 20 heavy (non-hydrogen) atoms. The number of para-hydroxylation sites is 1. The summed E-state index contributed by atoms with van der Waals surface area (Å²) in [5, 5.41) is 0.636. The lowest BCUT2D eigenvalue weighted by atomic mass is 10.2. The number of fused-ring (bicyclic) bond motifs is 1. The Morgan fingerprint density at radius 2 is 2.10 bits per heavy atom. The number of nitrogens with one attached hydrogen (secondary N) is 1. The number of aromatic amines is 1. The molecule has 2 rings (SSSR count). The Hall–Kier alpha value is -0.940. The fraction of sp³-hybridized carbons (Fsp3) is 0.533. The summed E-state index contributed by atoms with van der Waals surface area (Å²) in [5.41, 5.74) is 2.13. The molecule has 0 aliphatic heterocycles. The molecule has 1 atom stereocenters. The normalized spacial score (nSPS) is 13.1. The van der Waals surface area contributed by atoms with E-state index in [9.17, 15) is 0 Å². The molecule has 110 valence electrons. The first kappa shape index (κ1) is 15.4. The smallest absolute Gasteiger partial charge is 0.178 e. The van der Waals surface area contributed by atoms with Crippen LogP contribution in [0.2, 0.25) is 0 Å². The molecule has 0 saturated carbocycles. The quantitative estimate of drug-likeness (QED) is 0.789. The fourth-order valence-electron chi connectivity index (χ4n) is 2.16. The summed E-state index contributed by atoms with van der Waals surface area (Å²) in [6.07, 6.45) is 3.41. The van der Waals surface area contributed by atoms with Crippen molar-refractivity contribution in [2.24, 2.45) is 0 Å². The molecular weight excluding hydrogens is 288 g/mol. The van der Waals surface area contributed by atoms with Gasteiger partial charge in [0.1, 0.15) is 11.3 Å². The number of hydrogen-bond acceptors (Lipinski definition) is 3. The Labute approximate surface area is 129 Å². The number of hydrogen-bond donors (Lipinski definition) is 1. The lowest BCUT2D eigenvalue weighted by molar-refractivity contribution is 0.245. The summed E-state index contributed by atoms with van der Waals surface area (Å²) < 4.78 is 8.79. The van der Waals surface area contributed by atoms with Gasteiger partial charge in [-0.25, -0.2) is 0 Å². The molecule has 0 spiro atoms. The van der Waals surface area contributed by atoms with E-state index < -0.39 is 0 Å². The van der Waals surface area contributed by atoms with Crippen molar-refractivity contribution in [1.82, 2.24) is 9.55 Å². The van der Waals surface area contributed by atoms with E-state index in [1.54, 1.807) is 0 Å². The van der Waals surface area contributed by atoms with Crippen molar-refractivity contribution in [3.63, 3.8) is 0 Å². The average molecular weight is 310 g/mol. The molecule has 0 amide bonds. The van der Waals surface area contributed by atoms with Gasteiger partial charge >= 0.3 is 0 Å². The minimum absolute atomic E-state index is 0.155. The summed E-state index contributed by atoms with van der Waals surface area (Å²) >= 11 is 7.35. The molecule has 1 unspecified atom stereocenters. The van der Waals surface area contributed by atoms with Gasteiger partial charge in [-0.3, -0.25) is 0 Å². The van der Waals surface area contributed by atoms with Gasteiger partial charge in [-0.1, -0.05) is 13.0 Å². The Morgan fingerprint density at radius 1 is 1.35 bits per heavy atom. The molecule has 5 heteroatoms. The second-order valence-corrected chi connectivity index (χ2v) is 6.90. The lowest BCUT2D eigenvalue weighted by Crippen LogP contribution is -2.06. The van der Waals surface area contributed by atoms with Crippen molar-refractivity contribution in [2.45, 2.75) is 45.1 Å². The zero-order chi connectivity index (χ0) is 14.7. The molecule has 1 aromatic carbocycles. The first-order valence-corrected chi connectivity index (χ1v) is 8.63. The van der Waals surface area contributed by atoms with Crippen LogP contribution in [0.5, 0.6) is 5.75 Å². The number of aryl methyl sites for hydroxylation is 1. The highest BCUT2D eigenvalue weighted by Gasteiger charge is 2.11. The van der Waals surface area contributed by atoms with Gasteiger partial charge in [-0.05, 0) is 50.9 Å². The molecule has 1 heterocycles. The maximum absolute atomic E-state index is 5.85. The van der Waals surface area contributed by atoms with Gasteiger partial charge in [-0.15, -0.1) is 0 Å². The third-order valence-corrected chi connectivity index (χ3v) is 4.66. The molecular formula is C15H22N2OS2. The molecule has 0 aliphatic rings. The number of benzene rings is 1. The molecule has 1 N–H and O–H groups in total. The number of imidazole rings is 1. The summed E-state index contributed by atoms with van der Waals surface area (Å²) in [5.74, 6) is 0.875. The van der Waals surface area contributed by atoms with Crippen molar-refractivity contribution in [3.8, 4) is 5.75 Å². The van der Waals surface area contributed by atoms with Gasteiger partial charge in [0.05, 0.1) is 11.6 Å². The van der Waals surface area contributed by atoms with Gasteiger partial charge in [0.25, 0.3) is 0 Å². The molecule has 2 aromatic rings. The second kappa shape index (κ2) is 6.68. The van der Waals surface area contributed by atoms with Gasteiger partial charge < -0.3 is 14.3 Å². The Balaban J connectivity index is 2.36. The van der Waals surface area contributed by atoms with Crippen molar-refractivity contribution in [1.29, 1.82) is 0 Å². The number of rotatable bonds is 6. The van der Waals surface area contributed by atoms with E-state index in [1.165, 1.54) is 0 Å². The molecule has 1 aromatic heterocycles. The molecule has 0 bridgehead atoms. The monoisotopic (exact) mass is 310 g/mol. The predicted molar refractivity (Wildman–Crippen MR) is 90.5 cm³/mol. The van der Waals surface area contributed by atoms with Crippen LogP contribution in [-0.4, -0.2) is 27.2 Å². The van der Waals surface area contributed by atoms with E-state index >= 15 is 0 Å². The SMILES string of the molecule is CSC(C)CCn1c(=S)[nH]c2c(OC(C)C)cccc21. The van der Waals surface area contributed by atoms with Crippen LogP contribution in [0.25, 0.3) is 11.0 Å². The Morgan fingerprint density at radius 3 is 2.75 bits per heavy atom. The fourth-order valence-corrected chi connectivity index (χ4v) is 2.79. The lowest BCUT2D eigenvalue weighted by Gasteiger charge is -2.11. The first-order valence-electron chi connectivity index (χ1n) is 6.94. The van der Waals surface area contributed by atoms with E-state index in [1.807, 2.05) is 37.7 Å². The van der Waals surface area contributed by atoms with Crippen LogP contribution < -0.4 is 4.74 Å². The standard InChI is InChI=1S/C15H22N2OS2/c1-10(2)18-13-7-5-6-12-14(13)16-15(19)17(12)9-8-11(3)20-4/h5-7,10-11H,8-9H2,1-4H3,(H,16,19).